The van der Waals surface area contributed by atoms with Gasteiger partial charge in [0.05, 0.1) is 0 Å². The zero-order chi connectivity index (χ0) is 20.5. The predicted octanol–water partition coefficient (Wildman–Crippen LogP) is 9.13. The lowest BCUT2D eigenvalue weighted by molar-refractivity contribution is 0.363. The molecule has 0 unspecified atom stereocenters. The maximum atomic E-state index is 12.9. The molecule has 0 amide bonds. The summed E-state index contributed by atoms with van der Waals surface area (Å²) in [6.45, 7) is 2.18. The van der Waals surface area contributed by atoms with Crippen LogP contribution in [0.1, 0.15) is 74.0 Å². The van der Waals surface area contributed by atoms with E-state index in [-0.39, 0.29) is 5.92 Å². The first-order chi connectivity index (χ1) is 13.0. The van der Waals surface area contributed by atoms with Crippen LogP contribution in [0.15, 0.2) is 53.4 Å². The summed E-state index contributed by atoms with van der Waals surface area (Å²) in [7, 11) is -9.58. The average Bonchev–Trinajstić information content (AvgIpc) is 2.65. The quantitative estimate of drug-likeness (QED) is 0.410. The molecule has 3 rings (SSSR count). The second kappa shape index (κ2) is 7.05. The Bertz CT molecular complexity index is 786. The highest BCUT2D eigenvalue weighted by Crippen LogP contribution is 3.02. The lowest BCUT2D eigenvalue weighted by atomic mass is 9.76. The first kappa shape index (κ1) is 21.2. The van der Waals surface area contributed by atoms with Crippen molar-refractivity contribution in [1.29, 1.82) is 0 Å². The van der Waals surface area contributed by atoms with Gasteiger partial charge in [0.15, 0.2) is 0 Å². The smallest absolute Gasteiger partial charge is 0.0936 e. The molecule has 0 aliphatic heterocycles. The van der Waals surface area contributed by atoms with E-state index in [4.69, 9.17) is 0 Å². The summed E-state index contributed by atoms with van der Waals surface area (Å²) < 4.78 is 64.3. The number of aryl methyl sites for hydroxylation is 1. The Morgan fingerprint density at radius 1 is 0.714 bits per heavy atom. The van der Waals surface area contributed by atoms with Crippen LogP contribution in [0.3, 0.4) is 0 Å². The Labute approximate surface area is 163 Å². The maximum absolute atomic E-state index is 12.9. The number of unbranched alkanes of at least 4 members (excludes halogenated alkanes) is 1. The molecule has 0 atom stereocenters. The molecular weight excluding hydrogens is 391 g/mol. The highest BCUT2D eigenvalue weighted by molar-refractivity contribution is 8.45. The molecule has 0 heterocycles. The molecule has 0 saturated heterocycles. The van der Waals surface area contributed by atoms with Crippen molar-refractivity contribution in [3.05, 3.63) is 65.2 Å². The summed E-state index contributed by atoms with van der Waals surface area (Å²) in [5.41, 5.74) is 3.39. The van der Waals surface area contributed by atoms with Crippen LogP contribution >= 0.6 is 10.2 Å². The fourth-order valence-corrected chi connectivity index (χ4v) is 4.75. The maximum Gasteiger partial charge on any atom is 0.310 e. The Morgan fingerprint density at radius 2 is 1.14 bits per heavy atom. The summed E-state index contributed by atoms with van der Waals surface area (Å²) >= 11 is 0. The normalized spacial score (nSPS) is 23.1. The number of rotatable bonds is 6. The van der Waals surface area contributed by atoms with Crippen LogP contribution in [-0.4, -0.2) is 0 Å². The highest BCUT2D eigenvalue weighted by atomic mass is 32.5. The van der Waals surface area contributed by atoms with Gasteiger partial charge in [-0.15, -0.1) is 0 Å². The third-order valence-electron chi connectivity index (χ3n) is 5.79. The topological polar surface area (TPSA) is 0 Å². The first-order valence-electron chi connectivity index (χ1n) is 9.89. The monoisotopic (exact) mass is 418 g/mol. The average molecular weight is 419 g/mol. The Balaban J connectivity index is 1.61. The Morgan fingerprint density at radius 3 is 1.54 bits per heavy atom. The van der Waals surface area contributed by atoms with Gasteiger partial charge in [0, 0.05) is 0 Å². The van der Waals surface area contributed by atoms with Gasteiger partial charge in [0.1, 0.15) is 4.90 Å². The van der Waals surface area contributed by atoms with Crippen molar-refractivity contribution in [2.75, 3.05) is 0 Å². The van der Waals surface area contributed by atoms with Crippen LogP contribution in [0.2, 0.25) is 0 Å². The van der Waals surface area contributed by atoms with Crippen LogP contribution in [0.4, 0.5) is 19.4 Å². The van der Waals surface area contributed by atoms with Gasteiger partial charge in [-0.1, -0.05) is 69.2 Å². The summed E-state index contributed by atoms with van der Waals surface area (Å²) in [5, 5.41) is 0. The molecule has 0 radical (unpaired) electrons. The van der Waals surface area contributed by atoms with E-state index in [2.05, 4.69) is 31.2 Å². The molecule has 1 saturated carbocycles. The molecule has 0 aromatic heterocycles. The molecule has 156 valence electrons. The summed E-state index contributed by atoms with van der Waals surface area (Å²) in [6.07, 6.45) is 7.10. The standard InChI is InChI=1S/C22H27F5S/c1-2-3-4-17-5-7-18(8-6-17)19-9-11-20(12-10-19)21-13-15-22(16-14-21)28(23,24,25,26)27/h5-8,13-16,19-20H,2-4,9-12H2,1H3/t19-,20-. The van der Waals surface area contributed by atoms with E-state index in [9.17, 15) is 19.4 Å². The molecule has 1 aliphatic rings. The number of hydrogen-bond donors (Lipinski definition) is 0. The molecular formula is C22H27F5S. The first-order valence-corrected chi connectivity index (χ1v) is 11.8. The van der Waals surface area contributed by atoms with Crippen molar-refractivity contribution in [3.63, 3.8) is 0 Å². The molecule has 0 nitrogen and oxygen atoms in total. The van der Waals surface area contributed by atoms with E-state index in [0.29, 0.717) is 18.1 Å². The summed E-state index contributed by atoms with van der Waals surface area (Å²) in [5.74, 6) is 0.591. The Hall–Kier alpha value is -1.56. The SMILES string of the molecule is CCCCc1ccc([C@H]2CC[C@H](c3ccc(S(F)(F)(F)(F)F)cc3)CC2)cc1. The van der Waals surface area contributed by atoms with E-state index in [0.717, 1.165) is 37.7 Å². The van der Waals surface area contributed by atoms with E-state index in [1.807, 2.05) is 0 Å². The minimum absolute atomic E-state index is 0.132. The highest BCUT2D eigenvalue weighted by Gasteiger charge is 2.65. The van der Waals surface area contributed by atoms with Crippen molar-refractivity contribution in [2.45, 2.75) is 68.6 Å². The lowest BCUT2D eigenvalue weighted by Gasteiger charge is -2.40. The zero-order valence-electron chi connectivity index (χ0n) is 16.0. The Kier molecular flexibility index (Phi) is 5.32. The summed E-state index contributed by atoms with van der Waals surface area (Å²) in [4.78, 5) is -1.81. The largest absolute Gasteiger partial charge is 0.310 e. The molecule has 6 heteroatoms. The minimum Gasteiger partial charge on any atom is -0.0936 e. The van der Waals surface area contributed by atoms with Crippen LogP contribution in [0, 0.1) is 0 Å². The van der Waals surface area contributed by atoms with Crippen molar-refractivity contribution in [1.82, 2.24) is 0 Å². The third kappa shape index (κ3) is 5.28. The van der Waals surface area contributed by atoms with Crippen LogP contribution in [-0.2, 0) is 6.42 Å². The van der Waals surface area contributed by atoms with Crippen LogP contribution in [0.5, 0.6) is 0 Å². The zero-order valence-corrected chi connectivity index (χ0v) is 16.8. The lowest BCUT2D eigenvalue weighted by Crippen LogP contribution is -2.12. The van der Waals surface area contributed by atoms with Gasteiger partial charge in [-0.25, -0.2) is 0 Å². The van der Waals surface area contributed by atoms with E-state index in [1.54, 1.807) is 0 Å². The van der Waals surface area contributed by atoms with Crippen LogP contribution in [0.25, 0.3) is 0 Å². The van der Waals surface area contributed by atoms with Gasteiger partial charge >= 0.3 is 10.2 Å². The van der Waals surface area contributed by atoms with E-state index >= 15 is 0 Å². The third-order valence-corrected chi connectivity index (χ3v) is 6.96. The predicted molar refractivity (Wildman–Crippen MR) is 107 cm³/mol. The van der Waals surface area contributed by atoms with Gasteiger partial charge in [0.2, 0.25) is 0 Å². The second-order valence-corrected chi connectivity index (χ2v) is 10.3. The fourth-order valence-electron chi connectivity index (χ4n) is 4.09. The molecule has 0 bridgehead atoms. The molecule has 1 aliphatic carbocycles. The van der Waals surface area contributed by atoms with Crippen molar-refractivity contribution in [3.8, 4) is 0 Å². The van der Waals surface area contributed by atoms with Gasteiger partial charge in [-0.2, -0.15) is 0 Å². The number of benzene rings is 2. The van der Waals surface area contributed by atoms with Gasteiger partial charge in [-0.05, 0) is 79.2 Å². The number of halogens is 5. The van der Waals surface area contributed by atoms with Crippen molar-refractivity contribution < 1.29 is 19.4 Å². The van der Waals surface area contributed by atoms with Crippen LogP contribution < -0.4 is 0 Å². The minimum atomic E-state index is -9.58. The molecule has 0 spiro atoms. The number of hydrogen-bond acceptors (Lipinski definition) is 0. The fraction of sp³-hybridized carbons (Fsp3) is 0.455. The van der Waals surface area contributed by atoms with Gasteiger partial charge in [-0.3, -0.25) is 0 Å². The van der Waals surface area contributed by atoms with Gasteiger partial charge < -0.3 is 0 Å². The molecule has 1 fully saturated rings. The second-order valence-electron chi connectivity index (χ2n) is 7.93. The summed E-state index contributed by atoms with van der Waals surface area (Å²) in [6, 6.07) is 12.3. The molecule has 0 N–H and O–H groups in total. The molecule has 2 aromatic carbocycles. The van der Waals surface area contributed by atoms with E-state index in [1.165, 1.54) is 36.1 Å². The van der Waals surface area contributed by atoms with Crippen molar-refractivity contribution in [2.24, 2.45) is 0 Å². The molecule has 28 heavy (non-hydrogen) atoms. The van der Waals surface area contributed by atoms with Crippen molar-refractivity contribution >= 4 is 10.2 Å². The molecule has 2 aromatic rings. The van der Waals surface area contributed by atoms with E-state index < -0.39 is 15.1 Å². The van der Waals surface area contributed by atoms with Gasteiger partial charge in [0.25, 0.3) is 0 Å².